The molecule has 0 N–H and O–H groups in total. The summed E-state index contributed by atoms with van der Waals surface area (Å²) in [6, 6.07) is 56.5. The number of aryl methyl sites for hydroxylation is 3. The Hall–Kier alpha value is -17.1. The fraction of sp³-hybridized carbons (Fsp3) is 0.147. The molecule has 5 aliphatic rings. The van der Waals surface area contributed by atoms with Gasteiger partial charge in [-0.1, -0.05) is 109 Å². The molecule has 22 rings (SSSR count). The summed E-state index contributed by atoms with van der Waals surface area (Å²) in [5.74, 6) is 0. The Bertz CT molecular complexity index is 8040. The van der Waals surface area contributed by atoms with Crippen LogP contribution in [0.1, 0.15) is 83.5 Å². The van der Waals surface area contributed by atoms with E-state index in [4.69, 9.17) is 65.7 Å². The third-order valence-electron chi connectivity index (χ3n) is 24.9. The molecular weight excluding hydrogens is 1510 g/mol. The molecule has 0 radical (unpaired) electrons. The zero-order chi connectivity index (χ0) is 85.1. The molecule has 0 fully saturated rings. The van der Waals surface area contributed by atoms with Gasteiger partial charge in [0.1, 0.15) is 56.0 Å². The SMILES string of the molecule is [C-]#[N+]c1cc2c[n+]3n(c2cc1[N+]#[C-])-c1c(C)c(C)c(C)c(C)c1C3.[C-]#[N+]c1cc2c[n+]3n(c2cc1[N+]#[C-])-c1c(C)c(C)cc(C)c1C3.[C-]#[N+]c1cc2c[n+]3n(c2cc1[N+]#[C-])-c1c(cc(C)c(C)c1C)C3.[C-]#[N+]c1cc2c[n+]3n(c2cc1[N+]#[C-])-c1cc(-c2ccccc2)ccc1C3.[C-]#[N+]c1cc2c[n+]3n(c2cc1[N+]#[C-])-c1ccc(-c2ccccc2)cc1C3. The Balaban J connectivity index is 0.000000104. The van der Waals surface area contributed by atoms with Gasteiger partial charge in [0.25, 0.3) is 0 Å². The summed E-state index contributed by atoms with van der Waals surface area (Å²) in [5, 5.41) is 4.99. The molecule has 12 aromatic carbocycles. The smallest absolute Gasteiger partial charge is 0.202 e. The molecule has 0 unspecified atom stereocenters. The van der Waals surface area contributed by atoms with Gasteiger partial charge in [-0.05, 0) is 208 Å². The normalized spacial score (nSPS) is 11.8. The zero-order valence-electron chi connectivity index (χ0n) is 68.5. The Labute approximate surface area is 705 Å². The Morgan fingerprint density at radius 1 is 0.230 bits per heavy atom. The number of aromatic nitrogens is 10. The number of hydrogen-bond acceptors (Lipinski definition) is 0. The summed E-state index contributed by atoms with van der Waals surface area (Å²) in [4.78, 5) is 35.1. The number of benzene rings is 12. The van der Waals surface area contributed by atoms with Crippen LogP contribution in [0, 0.1) is 135 Å². The second-order valence-electron chi connectivity index (χ2n) is 31.5. The number of fused-ring (bicyclic) bond motifs is 25. The molecule has 0 bridgehead atoms. The molecule has 17 aromatic rings. The van der Waals surface area contributed by atoms with Gasteiger partial charge in [-0.2, -0.15) is 0 Å². The highest BCUT2D eigenvalue weighted by molar-refractivity contribution is 5.96. The Kier molecular flexibility index (Phi) is 18.5. The van der Waals surface area contributed by atoms with Crippen molar-refractivity contribution in [1.29, 1.82) is 0 Å². The molecule has 5 aromatic heterocycles. The van der Waals surface area contributed by atoms with Crippen molar-refractivity contribution in [3.8, 4) is 50.7 Å². The Morgan fingerprint density at radius 3 is 1.00 bits per heavy atom. The molecule has 122 heavy (non-hydrogen) atoms. The van der Waals surface area contributed by atoms with Crippen molar-refractivity contribution in [3.63, 3.8) is 0 Å². The molecule has 20 heteroatoms. The number of nitrogens with zero attached hydrogens (tertiary/aromatic N) is 20. The quantitative estimate of drug-likeness (QED) is 0.122. The van der Waals surface area contributed by atoms with Crippen LogP contribution in [-0.4, -0.2) is 23.4 Å². The highest BCUT2D eigenvalue weighted by Crippen LogP contribution is 2.44. The maximum atomic E-state index is 7.37. The first-order valence-corrected chi connectivity index (χ1v) is 39.5. The summed E-state index contributed by atoms with van der Waals surface area (Å²) < 4.78 is 21.7. The lowest BCUT2D eigenvalue weighted by Crippen LogP contribution is -2.36. The van der Waals surface area contributed by atoms with Gasteiger partial charge in [-0.3, -0.25) is 48.5 Å². The van der Waals surface area contributed by atoms with Gasteiger partial charge in [-0.15, -0.1) is 46.8 Å². The van der Waals surface area contributed by atoms with Crippen molar-refractivity contribution >= 4 is 111 Å². The van der Waals surface area contributed by atoms with Crippen molar-refractivity contribution in [3.05, 3.63) is 398 Å². The summed E-state index contributed by atoms with van der Waals surface area (Å²) in [6.07, 6.45) is 10.3. The number of rotatable bonds is 2. The fourth-order valence-corrected chi connectivity index (χ4v) is 18.2. The minimum atomic E-state index is 0.404. The summed E-state index contributed by atoms with van der Waals surface area (Å²) in [5.41, 5.74) is 39.4. The van der Waals surface area contributed by atoms with Crippen LogP contribution >= 0.6 is 0 Å². The van der Waals surface area contributed by atoms with Crippen LogP contribution < -0.4 is 23.4 Å². The molecule has 0 aliphatic carbocycles. The molecule has 0 amide bonds. The van der Waals surface area contributed by atoms with Crippen LogP contribution in [0.15, 0.2) is 201 Å². The highest BCUT2D eigenvalue weighted by Gasteiger charge is 2.38. The third-order valence-corrected chi connectivity index (χ3v) is 24.9. The van der Waals surface area contributed by atoms with Gasteiger partial charge in [0.05, 0.1) is 104 Å². The first-order valence-electron chi connectivity index (χ1n) is 39.5. The van der Waals surface area contributed by atoms with Gasteiger partial charge in [0.2, 0.25) is 31.0 Å². The van der Waals surface area contributed by atoms with Crippen molar-refractivity contribution < 1.29 is 23.4 Å². The minimum absolute atomic E-state index is 0.404. The monoisotopic (exact) mass is 1580 g/mol. The molecular formula is C102H73N20+5. The fourth-order valence-electron chi connectivity index (χ4n) is 18.2. The standard InChI is InChI=1S/2C22H13N4.C20H17N4.2C19H15N4/c1-23-19-10-18-14-25-13-17-9-8-16(15-6-4-3-5-7-15)11-21(17)26(25)22(18)12-20(19)24-2;1-23-19-11-18-14-25-13-17-10-16(15-6-4-3-5-7-15)8-9-21(17)26(25)22(18)12-20(19)24-2;1-11-12(2)14(4)20-16(13(11)3)10-23-9-15-7-17(21-5)18(22-6)8-19(15)24(20)23;1-11-6-15-10-22-9-14-7-16(20-4)17(21-5)8-18(14)23(22)19(15)13(3)12(11)2;1-11-6-12(2)15-10-22-9-14-7-16(20-4)17(21-5)8-18(14)23(22)19(15)13(11)3/h2*3-12,14H,13H2;7-9H,10H2,1-4H3;2*6-9H,10H2,1-3H3/q5*+1. The molecule has 0 spiro atoms. The Morgan fingerprint density at radius 2 is 0.557 bits per heavy atom. The van der Waals surface area contributed by atoms with E-state index in [2.05, 4.69) is 280 Å². The molecule has 0 saturated heterocycles. The van der Waals surface area contributed by atoms with Crippen molar-refractivity contribution in [2.45, 2.75) is 102 Å². The first-order chi connectivity index (χ1) is 59.1. The van der Waals surface area contributed by atoms with E-state index in [9.17, 15) is 0 Å². The second kappa shape index (κ2) is 29.6. The second-order valence-corrected chi connectivity index (χ2v) is 31.5. The summed E-state index contributed by atoms with van der Waals surface area (Å²) in [6.45, 7) is 98.8. The number of hydrogen-bond donors (Lipinski definition) is 0. The minimum Gasteiger partial charge on any atom is -0.250 e. The average Bonchev–Trinajstić information content (AvgIpc) is 1.58. The molecule has 10 heterocycles. The van der Waals surface area contributed by atoms with Gasteiger partial charge < -0.3 is 0 Å². The average molecular weight is 1580 g/mol. The predicted molar refractivity (Wildman–Crippen MR) is 474 cm³/mol. The topological polar surface area (TPSA) is 87.6 Å². The van der Waals surface area contributed by atoms with E-state index in [0.717, 1.165) is 98.6 Å². The molecule has 0 atom stereocenters. The van der Waals surface area contributed by atoms with Crippen LogP contribution in [0.3, 0.4) is 0 Å². The molecule has 5 aliphatic heterocycles. The maximum Gasteiger partial charge on any atom is 0.202 e. The van der Waals surface area contributed by atoms with Crippen LogP contribution in [0.4, 0.5) is 56.9 Å². The summed E-state index contributed by atoms with van der Waals surface area (Å²) in [7, 11) is 0. The van der Waals surface area contributed by atoms with Crippen LogP contribution in [-0.2, 0) is 32.7 Å². The van der Waals surface area contributed by atoms with E-state index >= 15 is 0 Å². The van der Waals surface area contributed by atoms with E-state index in [1.54, 1.807) is 0 Å². The lowest BCUT2D eigenvalue weighted by atomic mass is 9.92. The van der Waals surface area contributed by atoms with E-state index in [1.165, 1.54) is 123 Å². The van der Waals surface area contributed by atoms with E-state index in [-0.39, 0.29) is 0 Å². The molecule has 0 saturated carbocycles. The van der Waals surface area contributed by atoms with Crippen LogP contribution in [0.25, 0.3) is 154 Å². The van der Waals surface area contributed by atoms with Crippen LogP contribution in [0.2, 0.25) is 0 Å². The largest absolute Gasteiger partial charge is 0.250 e. The predicted octanol–water partition coefficient (Wildman–Crippen LogP) is 23.3. The maximum absolute atomic E-state index is 7.37. The van der Waals surface area contributed by atoms with Gasteiger partial charge in [0.15, 0.2) is 89.6 Å². The van der Waals surface area contributed by atoms with Crippen molar-refractivity contribution in [1.82, 2.24) is 23.4 Å². The lowest BCUT2D eigenvalue weighted by Gasteiger charge is -2.13. The van der Waals surface area contributed by atoms with Crippen molar-refractivity contribution in [2.75, 3.05) is 0 Å². The van der Waals surface area contributed by atoms with Gasteiger partial charge >= 0.3 is 0 Å². The van der Waals surface area contributed by atoms with Crippen molar-refractivity contribution in [2.24, 2.45) is 0 Å². The summed E-state index contributed by atoms with van der Waals surface area (Å²) >= 11 is 0. The molecule has 20 nitrogen and oxygen atoms in total. The van der Waals surface area contributed by atoms with E-state index < -0.39 is 0 Å². The molecule has 576 valence electrons. The lowest BCUT2D eigenvalue weighted by molar-refractivity contribution is -0.749. The zero-order valence-corrected chi connectivity index (χ0v) is 68.5. The third kappa shape index (κ3) is 12.1. The van der Waals surface area contributed by atoms with E-state index in [0.29, 0.717) is 56.9 Å². The van der Waals surface area contributed by atoms with Crippen LogP contribution in [0.5, 0.6) is 0 Å². The highest BCUT2D eigenvalue weighted by atomic mass is 15.4. The van der Waals surface area contributed by atoms with Gasteiger partial charge in [0, 0.05) is 16.7 Å². The first kappa shape index (κ1) is 76.2. The van der Waals surface area contributed by atoms with E-state index in [1.807, 2.05) is 84.9 Å². The van der Waals surface area contributed by atoms with Gasteiger partial charge in [-0.25, -0.2) is 0 Å².